The topological polar surface area (TPSA) is 42.2 Å². The summed E-state index contributed by atoms with van der Waals surface area (Å²) in [4.78, 5) is 6.74. The molecular formula is C11H19N3O. The highest BCUT2D eigenvalue weighted by molar-refractivity contribution is 4.90. The molecule has 1 aliphatic rings. The van der Waals surface area contributed by atoms with Crippen LogP contribution in [-0.4, -0.2) is 28.1 Å². The van der Waals surface area contributed by atoms with Crippen LogP contribution in [0.2, 0.25) is 0 Å². The van der Waals surface area contributed by atoms with Crippen LogP contribution in [0.3, 0.4) is 0 Å². The Kier molecular flexibility index (Phi) is 3.36. The number of rotatable bonds is 2. The molecule has 2 heterocycles. The molecule has 1 aromatic heterocycles. The third kappa shape index (κ3) is 2.56. The summed E-state index contributed by atoms with van der Waals surface area (Å²) in [5.74, 6) is 1.49. The van der Waals surface area contributed by atoms with Gasteiger partial charge in [-0.05, 0) is 39.8 Å². The molecule has 0 bridgehead atoms. The number of hydrogen-bond acceptors (Lipinski definition) is 4. The first-order valence-corrected chi connectivity index (χ1v) is 5.81. The number of nitrogens with zero attached hydrogens (tertiary/aromatic N) is 3. The Morgan fingerprint density at radius 2 is 1.87 bits per heavy atom. The Balaban J connectivity index is 2.02. The SMILES string of the molecule is Cc1noc(C(C)N2CCCCCC2)n1. The molecule has 4 heteroatoms. The van der Waals surface area contributed by atoms with E-state index in [0.29, 0.717) is 0 Å². The zero-order chi connectivity index (χ0) is 10.7. The Morgan fingerprint density at radius 3 is 2.40 bits per heavy atom. The minimum Gasteiger partial charge on any atom is -0.338 e. The molecule has 0 saturated carbocycles. The van der Waals surface area contributed by atoms with Gasteiger partial charge in [-0.2, -0.15) is 4.98 Å². The summed E-state index contributed by atoms with van der Waals surface area (Å²) in [6.45, 7) is 6.33. The molecule has 1 unspecified atom stereocenters. The quantitative estimate of drug-likeness (QED) is 0.749. The molecule has 0 radical (unpaired) electrons. The molecule has 2 rings (SSSR count). The molecule has 1 fully saturated rings. The molecule has 0 amide bonds. The predicted molar refractivity (Wildman–Crippen MR) is 57.5 cm³/mol. The maximum Gasteiger partial charge on any atom is 0.243 e. The number of aromatic nitrogens is 2. The summed E-state index contributed by atoms with van der Waals surface area (Å²) < 4.78 is 5.22. The van der Waals surface area contributed by atoms with Gasteiger partial charge in [-0.3, -0.25) is 4.90 Å². The zero-order valence-electron chi connectivity index (χ0n) is 9.57. The molecule has 0 spiro atoms. The Hall–Kier alpha value is -0.900. The van der Waals surface area contributed by atoms with E-state index >= 15 is 0 Å². The van der Waals surface area contributed by atoms with Gasteiger partial charge in [-0.1, -0.05) is 18.0 Å². The summed E-state index contributed by atoms with van der Waals surface area (Å²) in [5, 5.41) is 3.84. The van der Waals surface area contributed by atoms with Gasteiger partial charge in [-0.25, -0.2) is 0 Å². The molecule has 0 aliphatic carbocycles. The molecule has 84 valence electrons. The van der Waals surface area contributed by atoms with Gasteiger partial charge < -0.3 is 4.52 Å². The van der Waals surface area contributed by atoms with Crippen molar-refractivity contribution in [3.8, 4) is 0 Å². The van der Waals surface area contributed by atoms with E-state index in [0.717, 1.165) is 24.8 Å². The minimum absolute atomic E-state index is 0.268. The Labute approximate surface area is 90.7 Å². The van der Waals surface area contributed by atoms with Gasteiger partial charge in [0, 0.05) is 0 Å². The third-order valence-electron chi connectivity index (χ3n) is 3.09. The lowest BCUT2D eigenvalue weighted by molar-refractivity contribution is 0.179. The van der Waals surface area contributed by atoms with Crippen LogP contribution in [0.1, 0.15) is 50.4 Å². The van der Waals surface area contributed by atoms with Crippen LogP contribution in [0.15, 0.2) is 4.52 Å². The van der Waals surface area contributed by atoms with Crippen LogP contribution in [0, 0.1) is 6.92 Å². The smallest absolute Gasteiger partial charge is 0.243 e. The first-order valence-electron chi connectivity index (χ1n) is 5.81. The average molecular weight is 209 g/mol. The highest BCUT2D eigenvalue weighted by atomic mass is 16.5. The van der Waals surface area contributed by atoms with Crippen LogP contribution < -0.4 is 0 Å². The normalized spacial score (nSPS) is 21.2. The van der Waals surface area contributed by atoms with Crippen molar-refractivity contribution in [1.29, 1.82) is 0 Å². The van der Waals surface area contributed by atoms with Crippen LogP contribution >= 0.6 is 0 Å². The second-order valence-electron chi connectivity index (χ2n) is 4.31. The molecular weight excluding hydrogens is 190 g/mol. The largest absolute Gasteiger partial charge is 0.338 e. The molecule has 4 nitrogen and oxygen atoms in total. The average Bonchev–Trinajstić information content (AvgIpc) is 2.53. The highest BCUT2D eigenvalue weighted by Crippen LogP contribution is 2.22. The van der Waals surface area contributed by atoms with Gasteiger partial charge in [0.2, 0.25) is 5.89 Å². The molecule has 1 saturated heterocycles. The third-order valence-corrected chi connectivity index (χ3v) is 3.09. The summed E-state index contributed by atoms with van der Waals surface area (Å²) in [6, 6.07) is 0.268. The fraction of sp³-hybridized carbons (Fsp3) is 0.818. The maximum absolute atomic E-state index is 5.22. The summed E-state index contributed by atoms with van der Waals surface area (Å²) in [5.41, 5.74) is 0. The Bertz CT molecular complexity index is 303. The fourth-order valence-corrected chi connectivity index (χ4v) is 2.12. The van der Waals surface area contributed by atoms with Crippen molar-refractivity contribution < 1.29 is 4.52 Å². The van der Waals surface area contributed by atoms with E-state index in [4.69, 9.17) is 4.52 Å². The fourth-order valence-electron chi connectivity index (χ4n) is 2.12. The maximum atomic E-state index is 5.22. The van der Waals surface area contributed by atoms with Gasteiger partial charge in [0.1, 0.15) is 0 Å². The number of likely N-dealkylation sites (tertiary alicyclic amines) is 1. The van der Waals surface area contributed by atoms with Crippen molar-refractivity contribution in [2.24, 2.45) is 0 Å². The van der Waals surface area contributed by atoms with E-state index in [-0.39, 0.29) is 6.04 Å². The first kappa shape index (κ1) is 10.6. The lowest BCUT2D eigenvalue weighted by Gasteiger charge is -2.24. The van der Waals surface area contributed by atoms with Gasteiger partial charge in [0.15, 0.2) is 5.82 Å². The standard InChI is InChI=1S/C11H19N3O/c1-9(11-12-10(2)13-15-11)14-7-5-3-4-6-8-14/h9H,3-8H2,1-2H3. The van der Waals surface area contributed by atoms with Crippen molar-refractivity contribution in [2.45, 2.75) is 45.6 Å². The van der Waals surface area contributed by atoms with E-state index in [2.05, 4.69) is 22.0 Å². The van der Waals surface area contributed by atoms with Crippen molar-refractivity contribution in [3.63, 3.8) is 0 Å². The van der Waals surface area contributed by atoms with Gasteiger partial charge in [0.05, 0.1) is 6.04 Å². The van der Waals surface area contributed by atoms with Crippen molar-refractivity contribution >= 4 is 0 Å². The van der Waals surface area contributed by atoms with Crippen molar-refractivity contribution in [2.75, 3.05) is 13.1 Å². The van der Waals surface area contributed by atoms with E-state index in [1.165, 1.54) is 25.7 Å². The van der Waals surface area contributed by atoms with Gasteiger partial charge in [-0.15, -0.1) is 0 Å². The van der Waals surface area contributed by atoms with Crippen LogP contribution in [0.5, 0.6) is 0 Å². The second-order valence-corrected chi connectivity index (χ2v) is 4.31. The minimum atomic E-state index is 0.268. The number of hydrogen-bond donors (Lipinski definition) is 0. The first-order chi connectivity index (χ1) is 7.27. The van der Waals surface area contributed by atoms with E-state index < -0.39 is 0 Å². The molecule has 1 aromatic rings. The molecule has 0 N–H and O–H groups in total. The molecule has 0 aromatic carbocycles. The summed E-state index contributed by atoms with van der Waals surface area (Å²) >= 11 is 0. The van der Waals surface area contributed by atoms with Gasteiger partial charge in [0.25, 0.3) is 0 Å². The van der Waals surface area contributed by atoms with Crippen molar-refractivity contribution in [3.05, 3.63) is 11.7 Å². The van der Waals surface area contributed by atoms with Crippen LogP contribution in [0.25, 0.3) is 0 Å². The lowest BCUT2D eigenvalue weighted by atomic mass is 10.2. The second kappa shape index (κ2) is 4.75. The zero-order valence-corrected chi connectivity index (χ0v) is 9.57. The molecule has 15 heavy (non-hydrogen) atoms. The summed E-state index contributed by atoms with van der Waals surface area (Å²) in [6.07, 6.45) is 5.28. The highest BCUT2D eigenvalue weighted by Gasteiger charge is 2.21. The van der Waals surface area contributed by atoms with E-state index in [9.17, 15) is 0 Å². The van der Waals surface area contributed by atoms with Gasteiger partial charge >= 0.3 is 0 Å². The predicted octanol–water partition coefficient (Wildman–Crippen LogP) is 2.32. The lowest BCUT2D eigenvalue weighted by Crippen LogP contribution is -2.28. The van der Waals surface area contributed by atoms with E-state index in [1.54, 1.807) is 0 Å². The molecule has 1 atom stereocenters. The van der Waals surface area contributed by atoms with Crippen molar-refractivity contribution in [1.82, 2.24) is 15.0 Å². The van der Waals surface area contributed by atoms with Crippen LogP contribution in [0.4, 0.5) is 0 Å². The van der Waals surface area contributed by atoms with Crippen LogP contribution in [-0.2, 0) is 0 Å². The summed E-state index contributed by atoms with van der Waals surface area (Å²) in [7, 11) is 0. The Morgan fingerprint density at radius 1 is 1.20 bits per heavy atom. The monoisotopic (exact) mass is 209 g/mol. The number of aryl methyl sites for hydroxylation is 1. The van der Waals surface area contributed by atoms with E-state index in [1.807, 2.05) is 6.92 Å². The molecule has 1 aliphatic heterocycles.